The predicted octanol–water partition coefficient (Wildman–Crippen LogP) is 4.50. The number of aryl methyl sites for hydroxylation is 1. The molecule has 0 unspecified atom stereocenters. The quantitative estimate of drug-likeness (QED) is 0.641. The van der Waals surface area contributed by atoms with Gasteiger partial charge in [-0.25, -0.2) is 0 Å². The summed E-state index contributed by atoms with van der Waals surface area (Å²) in [5.74, 6) is 0.756. The highest BCUT2D eigenvalue weighted by molar-refractivity contribution is 5.80. The number of methoxy groups -OCH3 is 1. The number of carbonyl (C=O) groups is 1. The molecule has 1 amide bonds. The average molecular weight is 346 g/mol. The Morgan fingerprint density at radius 2 is 1.38 bits per heavy atom. The van der Waals surface area contributed by atoms with Crippen LogP contribution >= 0.6 is 0 Å². The normalized spacial score (nSPS) is 10.2. The van der Waals surface area contributed by atoms with E-state index in [9.17, 15) is 4.79 Å². The minimum atomic E-state index is -0.0522. The number of carbonyl (C=O) groups excluding carboxylic acids is 1. The van der Waals surface area contributed by atoms with E-state index in [0.29, 0.717) is 12.8 Å². The van der Waals surface area contributed by atoms with Gasteiger partial charge in [0.05, 0.1) is 18.5 Å². The largest absolute Gasteiger partial charge is 0.496 e. The van der Waals surface area contributed by atoms with Gasteiger partial charge in [0.2, 0.25) is 5.91 Å². The lowest BCUT2D eigenvalue weighted by Gasteiger charge is -2.25. The van der Waals surface area contributed by atoms with Crippen molar-refractivity contribution in [1.29, 1.82) is 0 Å². The SMILES string of the molecule is COc1ccccc1CCC(=O)NN(c1ccccc1)c1ccccc1. The molecule has 0 bridgehead atoms. The third kappa shape index (κ3) is 4.42. The molecule has 0 saturated heterocycles. The van der Waals surface area contributed by atoms with Crippen LogP contribution in [-0.4, -0.2) is 13.0 Å². The lowest BCUT2D eigenvalue weighted by molar-refractivity contribution is -0.121. The minimum Gasteiger partial charge on any atom is -0.496 e. The van der Waals surface area contributed by atoms with E-state index in [4.69, 9.17) is 4.74 Å². The van der Waals surface area contributed by atoms with Crippen molar-refractivity contribution in [2.75, 3.05) is 12.1 Å². The highest BCUT2D eigenvalue weighted by atomic mass is 16.5. The van der Waals surface area contributed by atoms with Crippen molar-refractivity contribution in [2.45, 2.75) is 12.8 Å². The molecule has 3 aromatic rings. The number of hydrogen-bond donors (Lipinski definition) is 1. The molecule has 1 N–H and O–H groups in total. The summed E-state index contributed by atoms with van der Waals surface area (Å²) in [5, 5.41) is 1.81. The molecule has 0 spiro atoms. The number of para-hydroxylation sites is 3. The van der Waals surface area contributed by atoms with Gasteiger partial charge in [0.15, 0.2) is 0 Å². The van der Waals surface area contributed by atoms with Crippen molar-refractivity contribution in [1.82, 2.24) is 5.43 Å². The third-order valence-electron chi connectivity index (χ3n) is 4.08. The van der Waals surface area contributed by atoms with Gasteiger partial charge < -0.3 is 4.74 Å². The van der Waals surface area contributed by atoms with E-state index in [2.05, 4.69) is 5.43 Å². The summed E-state index contributed by atoms with van der Waals surface area (Å²) < 4.78 is 5.36. The zero-order valence-electron chi connectivity index (χ0n) is 14.8. The number of nitrogens with zero attached hydrogens (tertiary/aromatic N) is 1. The zero-order chi connectivity index (χ0) is 18.2. The number of amides is 1. The smallest absolute Gasteiger partial charge is 0.239 e. The van der Waals surface area contributed by atoms with Crippen LogP contribution in [0.5, 0.6) is 5.75 Å². The van der Waals surface area contributed by atoms with Gasteiger partial charge in [-0.1, -0.05) is 54.6 Å². The van der Waals surface area contributed by atoms with Crippen LogP contribution in [-0.2, 0) is 11.2 Å². The third-order valence-corrected chi connectivity index (χ3v) is 4.08. The fraction of sp³-hybridized carbons (Fsp3) is 0.136. The van der Waals surface area contributed by atoms with E-state index in [1.54, 1.807) is 7.11 Å². The van der Waals surface area contributed by atoms with Gasteiger partial charge >= 0.3 is 0 Å². The number of rotatable bonds is 7. The molecule has 4 heteroatoms. The molecule has 0 heterocycles. The molecular weight excluding hydrogens is 324 g/mol. The first-order valence-electron chi connectivity index (χ1n) is 8.59. The van der Waals surface area contributed by atoms with Crippen LogP contribution in [0, 0.1) is 0 Å². The predicted molar refractivity (Wildman–Crippen MR) is 104 cm³/mol. The molecule has 0 aliphatic heterocycles. The first-order chi connectivity index (χ1) is 12.8. The Kier molecular flexibility index (Phi) is 5.88. The van der Waals surface area contributed by atoms with Crippen molar-refractivity contribution in [3.05, 3.63) is 90.5 Å². The number of nitrogens with one attached hydrogen (secondary N) is 1. The number of benzene rings is 3. The molecular formula is C22H22N2O2. The van der Waals surface area contributed by atoms with Crippen LogP contribution in [0.3, 0.4) is 0 Å². The van der Waals surface area contributed by atoms with Crippen molar-refractivity contribution < 1.29 is 9.53 Å². The molecule has 3 aromatic carbocycles. The Labute approximate surface area is 154 Å². The molecule has 0 fully saturated rings. The first-order valence-corrected chi connectivity index (χ1v) is 8.59. The Morgan fingerprint density at radius 3 is 1.96 bits per heavy atom. The van der Waals surface area contributed by atoms with Crippen LogP contribution in [0.1, 0.15) is 12.0 Å². The van der Waals surface area contributed by atoms with Gasteiger partial charge in [-0.15, -0.1) is 0 Å². The van der Waals surface area contributed by atoms with E-state index < -0.39 is 0 Å². The summed E-state index contributed by atoms with van der Waals surface area (Å²) in [6.07, 6.45) is 0.990. The van der Waals surface area contributed by atoms with E-state index >= 15 is 0 Å². The molecule has 4 nitrogen and oxygen atoms in total. The fourth-order valence-electron chi connectivity index (χ4n) is 2.77. The van der Waals surface area contributed by atoms with Crippen molar-refractivity contribution in [2.24, 2.45) is 0 Å². The van der Waals surface area contributed by atoms with Crippen molar-refractivity contribution >= 4 is 17.3 Å². The summed E-state index contributed by atoms with van der Waals surface area (Å²) in [4.78, 5) is 12.6. The van der Waals surface area contributed by atoms with Crippen molar-refractivity contribution in [3.8, 4) is 5.75 Å². The second-order valence-electron chi connectivity index (χ2n) is 5.85. The molecule has 3 rings (SSSR count). The maximum Gasteiger partial charge on any atom is 0.239 e. The molecule has 0 aromatic heterocycles. The lowest BCUT2D eigenvalue weighted by Crippen LogP contribution is -2.39. The maximum atomic E-state index is 12.6. The molecule has 26 heavy (non-hydrogen) atoms. The van der Waals surface area contributed by atoms with Crippen LogP contribution in [0.15, 0.2) is 84.9 Å². The fourth-order valence-corrected chi connectivity index (χ4v) is 2.77. The van der Waals surface area contributed by atoms with Gasteiger partial charge in [-0.05, 0) is 42.3 Å². The standard InChI is InChI=1S/C22H22N2O2/c1-26-21-15-9-8-10-18(21)16-17-22(25)23-24(19-11-4-2-5-12-19)20-13-6-3-7-14-20/h2-15H,16-17H2,1H3,(H,23,25). The molecule has 0 aliphatic rings. The number of hydrogen-bond acceptors (Lipinski definition) is 3. The Morgan fingerprint density at radius 1 is 0.846 bits per heavy atom. The van der Waals surface area contributed by atoms with Crippen LogP contribution in [0.2, 0.25) is 0 Å². The van der Waals surface area contributed by atoms with Crippen LogP contribution in [0.4, 0.5) is 11.4 Å². The second-order valence-corrected chi connectivity index (χ2v) is 5.85. The highest BCUT2D eigenvalue weighted by Crippen LogP contribution is 2.23. The number of hydrazine groups is 1. The Hall–Kier alpha value is -3.27. The highest BCUT2D eigenvalue weighted by Gasteiger charge is 2.13. The van der Waals surface area contributed by atoms with Crippen LogP contribution in [0.25, 0.3) is 0 Å². The molecule has 132 valence electrons. The van der Waals surface area contributed by atoms with Gasteiger partial charge in [0.25, 0.3) is 0 Å². The zero-order valence-corrected chi connectivity index (χ0v) is 14.8. The van der Waals surface area contributed by atoms with Crippen LogP contribution < -0.4 is 15.2 Å². The average Bonchev–Trinajstić information content (AvgIpc) is 2.72. The number of anilines is 2. The van der Waals surface area contributed by atoms with E-state index in [1.165, 1.54) is 0 Å². The molecule has 0 saturated carbocycles. The summed E-state index contributed by atoms with van der Waals surface area (Å²) >= 11 is 0. The summed E-state index contributed by atoms with van der Waals surface area (Å²) in [7, 11) is 1.64. The topological polar surface area (TPSA) is 41.6 Å². The van der Waals surface area contributed by atoms with E-state index in [0.717, 1.165) is 22.7 Å². The first kappa shape index (κ1) is 17.5. The summed E-state index contributed by atoms with van der Waals surface area (Å²) in [6, 6.07) is 27.3. The molecule has 0 radical (unpaired) electrons. The van der Waals surface area contributed by atoms with E-state index in [-0.39, 0.29) is 5.91 Å². The summed E-state index contributed by atoms with van der Waals surface area (Å²) in [6.45, 7) is 0. The van der Waals surface area contributed by atoms with Gasteiger partial charge in [0.1, 0.15) is 5.75 Å². The molecule has 0 atom stereocenters. The van der Waals surface area contributed by atoms with Gasteiger partial charge in [-0.2, -0.15) is 0 Å². The monoisotopic (exact) mass is 346 g/mol. The maximum absolute atomic E-state index is 12.6. The lowest BCUT2D eigenvalue weighted by atomic mass is 10.1. The van der Waals surface area contributed by atoms with Gasteiger partial charge in [-0.3, -0.25) is 15.2 Å². The Balaban J connectivity index is 1.72. The minimum absolute atomic E-state index is 0.0522. The van der Waals surface area contributed by atoms with Gasteiger partial charge in [0, 0.05) is 6.42 Å². The Bertz CT molecular complexity index is 796. The van der Waals surface area contributed by atoms with Crippen molar-refractivity contribution in [3.63, 3.8) is 0 Å². The number of ether oxygens (including phenoxy) is 1. The van der Waals surface area contributed by atoms with E-state index in [1.807, 2.05) is 89.9 Å². The summed E-state index contributed by atoms with van der Waals surface area (Å²) in [5.41, 5.74) is 5.85. The molecule has 0 aliphatic carbocycles. The second kappa shape index (κ2) is 8.72.